The Bertz CT molecular complexity index is 274. The number of nitrogen functional groups attached to an aromatic ring is 1. The fourth-order valence-electron chi connectivity index (χ4n) is 1.13. The molecule has 3 nitrogen and oxygen atoms in total. The first kappa shape index (κ1) is 9.86. The van der Waals surface area contributed by atoms with Crippen LogP contribution in [0.1, 0.15) is 5.56 Å². The SMILES string of the molecule is COCCNc1cccc(N)c1C. The number of nitrogens with one attached hydrogen (secondary N) is 1. The van der Waals surface area contributed by atoms with Gasteiger partial charge in [-0.05, 0) is 24.6 Å². The molecule has 3 N–H and O–H groups in total. The van der Waals surface area contributed by atoms with Crippen molar-refractivity contribution in [3.8, 4) is 0 Å². The number of hydrogen-bond acceptors (Lipinski definition) is 3. The van der Waals surface area contributed by atoms with Gasteiger partial charge in [0.1, 0.15) is 0 Å². The highest BCUT2D eigenvalue weighted by Gasteiger charge is 1.98. The smallest absolute Gasteiger partial charge is 0.0635 e. The van der Waals surface area contributed by atoms with Gasteiger partial charge in [0, 0.05) is 25.0 Å². The lowest BCUT2D eigenvalue weighted by atomic mass is 10.1. The molecule has 13 heavy (non-hydrogen) atoms. The van der Waals surface area contributed by atoms with Crippen molar-refractivity contribution < 1.29 is 4.74 Å². The van der Waals surface area contributed by atoms with Gasteiger partial charge in [-0.1, -0.05) is 6.07 Å². The molecule has 0 aliphatic rings. The molecule has 0 saturated carbocycles. The topological polar surface area (TPSA) is 47.3 Å². The Morgan fingerprint density at radius 2 is 2.23 bits per heavy atom. The van der Waals surface area contributed by atoms with Crippen LogP contribution >= 0.6 is 0 Å². The molecule has 1 aromatic carbocycles. The van der Waals surface area contributed by atoms with Crippen molar-refractivity contribution in [3.63, 3.8) is 0 Å². The fraction of sp³-hybridized carbons (Fsp3) is 0.400. The highest BCUT2D eigenvalue weighted by Crippen LogP contribution is 2.19. The molecule has 0 saturated heterocycles. The Hall–Kier alpha value is -1.22. The van der Waals surface area contributed by atoms with Crippen molar-refractivity contribution >= 4 is 11.4 Å². The van der Waals surface area contributed by atoms with Crippen molar-refractivity contribution in [2.75, 3.05) is 31.3 Å². The van der Waals surface area contributed by atoms with Crippen LogP contribution in [-0.2, 0) is 4.74 Å². The van der Waals surface area contributed by atoms with Crippen LogP contribution in [0.25, 0.3) is 0 Å². The van der Waals surface area contributed by atoms with Crippen LogP contribution in [0.3, 0.4) is 0 Å². The van der Waals surface area contributed by atoms with Gasteiger partial charge in [-0.25, -0.2) is 0 Å². The second-order valence-corrected chi connectivity index (χ2v) is 2.94. The molecule has 0 unspecified atom stereocenters. The Labute approximate surface area is 78.9 Å². The first-order valence-corrected chi connectivity index (χ1v) is 4.33. The second kappa shape index (κ2) is 4.72. The minimum absolute atomic E-state index is 0.703. The van der Waals surface area contributed by atoms with Gasteiger partial charge in [-0.2, -0.15) is 0 Å². The Morgan fingerprint density at radius 3 is 2.92 bits per heavy atom. The minimum atomic E-state index is 0.703. The minimum Gasteiger partial charge on any atom is -0.398 e. The third kappa shape index (κ3) is 2.63. The number of methoxy groups -OCH3 is 1. The summed E-state index contributed by atoms with van der Waals surface area (Å²) in [4.78, 5) is 0. The van der Waals surface area contributed by atoms with Gasteiger partial charge >= 0.3 is 0 Å². The van der Waals surface area contributed by atoms with E-state index >= 15 is 0 Å². The number of ether oxygens (including phenoxy) is 1. The lowest BCUT2D eigenvalue weighted by Crippen LogP contribution is -2.09. The molecule has 0 heterocycles. The summed E-state index contributed by atoms with van der Waals surface area (Å²) >= 11 is 0. The third-order valence-corrected chi connectivity index (χ3v) is 2.00. The van der Waals surface area contributed by atoms with Crippen LogP contribution < -0.4 is 11.1 Å². The summed E-state index contributed by atoms with van der Waals surface area (Å²) < 4.78 is 4.94. The van der Waals surface area contributed by atoms with Crippen LogP contribution in [0.2, 0.25) is 0 Å². The Kier molecular flexibility index (Phi) is 3.58. The number of rotatable bonds is 4. The maximum absolute atomic E-state index is 5.75. The van der Waals surface area contributed by atoms with Crippen LogP contribution in [0.4, 0.5) is 11.4 Å². The molecule has 0 aromatic heterocycles. The Morgan fingerprint density at radius 1 is 1.46 bits per heavy atom. The zero-order valence-electron chi connectivity index (χ0n) is 8.13. The third-order valence-electron chi connectivity index (χ3n) is 2.00. The standard InChI is InChI=1S/C10H16N2O/c1-8-9(11)4-3-5-10(8)12-6-7-13-2/h3-5,12H,6-7,11H2,1-2H3. The van der Waals surface area contributed by atoms with E-state index in [1.165, 1.54) is 0 Å². The van der Waals surface area contributed by atoms with Gasteiger partial charge in [-0.15, -0.1) is 0 Å². The van der Waals surface area contributed by atoms with Crippen molar-refractivity contribution in [2.45, 2.75) is 6.92 Å². The van der Waals surface area contributed by atoms with Gasteiger partial charge in [-0.3, -0.25) is 0 Å². The molecular weight excluding hydrogens is 164 g/mol. The predicted octanol–water partition coefficient (Wildman–Crippen LogP) is 1.64. The fourth-order valence-corrected chi connectivity index (χ4v) is 1.13. The van der Waals surface area contributed by atoms with Crippen molar-refractivity contribution in [2.24, 2.45) is 0 Å². The monoisotopic (exact) mass is 180 g/mol. The van der Waals surface area contributed by atoms with Crippen molar-refractivity contribution in [1.29, 1.82) is 0 Å². The second-order valence-electron chi connectivity index (χ2n) is 2.94. The first-order chi connectivity index (χ1) is 6.25. The molecule has 1 rings (SSSR count). The zero-order valence-corrected chi connectivity index (χ0v) is 8.13. The highest BCUT2D eigenvalue weighted by molar-refractivity contribution is 5.62. The van der Waals surface area contributed by atoms with Crippen LogP contribution in [0, 0.1) is 6.92 Å². The maximum Gasteiger partial charge on any atom is 0.0635 e. The molecule has 0 radical (unpaired) electrons. The van der Waals surface area contributed by atoms with Gasteiger partial charge in [0.05, 0.1) is 6.61 Å². The van der Waals surface area contributed by atoms with Crippen LogP contribution in [-0.4, -0.2) is 20.3 Å². The van der Waals surface area contributed by atoms with E-state index in [0.29, 0.717) is 6.61 Å². The van der Waals surface area contributed by atoms with Gasteiger partial charge in [0.15, 0.2) is 0 Å². The van der Waals surface area contributed by atoms with E-state index in [-0.39, 0.29) is 0 Å². The summed E-state index contributed by atoms with van der Waals surface area (Å²) in [5.41, 5.74) is 8.75. The molecule has 1 aromatic rings. The summed E-state index contributed by atoms with van der Waals surface area (Å²) in [5, 5.41) is 3.25. The van der Waals surface area contributed by atoms with Crippen molar-refractivity contribution in [3.05, 3.63) is 23.8 Å². The summed E-state index contributed by atoms with van der Waals surface area (Å²) in [7, 11) is 1.69. The first-order valence-electron chi connectivity index (χ1n) is 4.33. The molecule has 0 atom stereocenters. The molecule has 0 bridgehead atoms. The van der Waals surface area contributed by atoms with Crippen LogP contribution in [0.15, 0.2) is 18.2 Å². The number of benzene rings is 1. The molecule has 72 valence electrons. The quantitative estimate of drug-likeness (QED) is 0.547. The van der Waals surface area contributed by atoms with E-state index in [2.05, 4.69) is 5.32 Å². The summed E-state index contributed by atoms with van der Waals surface area (Å²) in [6.07, 6.45) is 0. The summed E-state index contributed by atoms with van der Waals surface area (Å²) in [5.74, 6) is 0. The largest absolute Gasteiger partial charge is 0.398 e. The van der Waals surface area contributed by atoms with Gasteiger partial charge < -0.3 is 15.8 Å². The van der Waals surface area contributed by atoms with E-state index in [1.54, 1.807) is 7.11 Å². The molecule has 3 heteroatoms. The molecule has 0 fully saturated rings. The van der Waals surface area contributed by atoms with E-state index < -0.39 is 0 Å². The van der Waals surface area contributed by atoms with Gasteiger partial charge in [0.2, 0.25) is 0 Å². The zero-order chi connectivity index (χ0) is 9.68. The normalized spacial score (nSPS) is 10.0. The number of anilines is 2. The van der Waals surface area contributed by atoms with E-state index in [4.69, 9.17) is 10.5 Å². The summed E-state index contributed by atoms with van der Waals surface area (Å²) in [6.45, 7) is 3.51. The highest BCUT2D eigenvalue weighted by atomic mass is 16.5. The number of hydrogen-bond donors (Lipinski definition) is 2. The maximum atomic E-state index is 5.75. The molecule has 0 aliphatic carbocycles. The van der Waals surface area contributed by atoms with E-state index in [1.807, 2.05) is 25.1 Å². The lowest BCUT2D eigenvalue weighted by molar-refractivity contribution is 0.211. The van der Waals surface area contributed by atoms with E-state index in [0.717, 1.165) is 23.5 Å². The Balaban J connectivity index is 2.61. The molecule has 0 spiro atoms. The molecule has 0 aliphatic heterocycles. The molecular formula is C10H16N2O. The average Bonchev–Trinajstić information content (AvgIpc) is 2.13. The average molecular weight is 180 g/mol. The number of nitrogens with two attached hydrogens (primary N) is 1. The van der Waals surface area contributed by atoms with Gasteiger partial charge in [0.25, 0.3) is 0 Å². The van der Waals surface area contributed by atoms with Crippen molar-refractivity contribution in [1.82, 2.24) is 0 Å². The lowest BCUT2D eigenvalue weighted by Gasteiger charge is -2.10. The predicted molar refractivity (Wildman–Crippen MR) is 56.0 cm³/mol. The summed E-state index contributed by atoms with van der Waals surface area (Å²) in [6, 6.07) is 5.86. The molecule has 0 amide bonds. The van der Waals surface area contributed by atoms with E-state index in [9.17, 15) is 0 Å². The van der Waals surface area contributed by atoms with Crippen LogP contribution in [0.5, 0.6) is 0 Å².